The Morgan fingerprint density at radius 1 is 1.47 bits per heavy atom. The van der Waals surface area contributed by atoms with Gasteiger partial charge in [0.25, 0.3) is 0 Å². The first-order chi connectivity index (χ1) is 8.17. The summed E-state index contributed by atoms with van der Waals surface area (Å²) in [4.78, 5) is 20.5. The second kappa shape index (κ2) is 6.13. The summed E-state index contributed by atoms with van der Waals surface area (Å²) in [5.74, 6) is 4.40. The third kappa shape index (κ3) is 3.84. The molecule has 4 nitrogen and oxygen atoms in total. The molecular formula is C13H10O4. The van der Waals surface area contributed by atoms with Crippen LogP contribution in [-0.2, 0) is 9.59 Å². The van der Waals surface area contributed by atoms with E-state index in [0.717, 1.165) is 6.08 Å². The van der Waals surface area contributed by atoms with Gasteiger partial charge < -0.3 is 9.84 Å². The highest BCUT2D eigenvalue weighted by Crippen LogP contribution is 2.20. The highest BCUT2D eigenvalue weighted by Gasteiger charge is 2.01. The van der Waals surface area contributed by atoms with E-state index in [1.54, 1.807) is 18.2 Å². The maximum atomic E-state index is 10.4. The highest BCUT2D eigenvalue weighted by atomic mass is 16.5. The van der Waals surface area contributed by atoms with Crippen LogP contribution in [-0.4, -0.2) is 24.5 Å². The van der Waals surface area contributed by atoms with E-state index in [1.165, 1.54) is 13.2 Å². The van der Waals surface area contributed by atoms with Crippen LogP contribution in [0.25, 0.3) is 6.08 Å². The van der Waals surface area contributed by atoms with Crippen molar-refractivity contribution < 1.29 is 19.4 Å². The lowest BCUT2D eigenvalue weighted by atomic mass is 10.1. The molecule has 0 aliphatic rings. The van der Waals surface area contributed by atoms with Crippen molar-refractivity contribution in [2.45, 2.75) is 0 Å². The highest BCUT2D eigenvalue weighted by molar-refractivity contribution is 5.86. The normalized spacial score (nSPS) is 9.47. The summed E-state index contributed by atoms with van der Waals surface area (Å²) in [5.41, 5.74) is 1.20. The van der Waals surface area contributed by atoms with E-state index >= 15 is 0 Å². The lowest BCUT2D eigenvalue weighted by Gasteiger charge is -2.04. The van der Waals surface area contributed by atoms with Crippen LogP contribution in [0.2, 0.25) is 0 Å². The van der Waals surface area contributed by atoms with Crippen LogP contribution < -0.4 is 4.74 Å². The molecule has 0 amide bonds. The molecule has 1 N–H and O–H groups in total. The zero-order valence-electron chi connectivity index (χ0n) is 9.14. The maximum absolute atomic E-state index is 10.4. The summed E-state index contributed by atoms with van der Waals surface area (Å²) in [7, 11) is 1.49. The minimum absolute atomic E-state index is 0.497. The van der Waals surface area contributed by atoms with Gasteiger partial charge >= 0.3 is 5.97 Å². The molecule has 1 aromatic rings. The number of carbonyl (C=O) groups excluding carboxylic acids is 1. The minimum atomic E-state index is -1.04. The number of benzene rings is 1. The van der Waals surface area contributed by atoms with Gasteiger partial charge in [-0.3, -0.25) is 4.79 Å². The SMILES string of the molecule is COc1ccc(C#CC=O)cc1/C=C/C(=O)O. The van der Waals surface area contributed by atoms with Crippen LogP contribution in [0.1, 0.15) is 11.1 Å². The summed E-state index contributed by atoms with van der Waals surface area (Å²) in [6.07, 6.45) is 2.92. The van der Waals surface area contributed by atoms with Crippen molar-refractivity contribution in [2.24, 2.45) is 0 Å². The first-order valence-corrected chi connectivity index (χ1v) is 4.71. The molecule has 0 aliphatic heterocycles. The number of carbonyl (C=O) groups is 2. The smallest absolute Gasteiger partial charge is 0.328 e. The summed E-state index contributed by atoms with van der Waals surface area (Å²) >= 11 is 0. The third-order valence-electron chi connectivity index (χ3n) is 1.91. The molecule has 0 atom stereocenters. The van der Waals surface area contributed by atoms with Crippen molar-refractivity contribution in [3.8, 4) is 17.6 Å². The van der Waals surface area contributed by atoms with Crippen LogP contribution in [0.15, 0.2) is 24.3 Å². The van der Waals surface area contributed by atoms with Crippen LogP contribution in [0.5, 0.6) is 5.75 Å². The van der Waals surface area contributed by atoms with Gasteiger partial charge in [0.2, 0.25) is 0 Å². The van der Waals surface area contributed by atoms with E-state index < -0.39 is 5.97 Å². The monoisotopic (exact) mass is 230 g/mol. The lowest BCUT2D eigenvalue weighted by Crippen LogP contribution is -1.90. The maximum Gasteiger partial charge on any atom is 0.328 e. The Morgan fingerprint density at radius 2 is 2.24 bits per heavy atom. The third-order valence-corrected chi connectivity index (χ3v) is 1.91. The Bertz CT molecular complexity index is 518. The molecule has 0 aliphatic carbocycles. The van der Waals surface area contributed by atoms with Gasteiger partial charge in [0.05, 0.1) is 7.11 Å². The number of ether oxygens (including phenoxy) is 1. The number of carboxylic acid groups (broad SMARTS) is 1. The summed E-state index contributed by atoms with van der Waals surface area (Å²) < 4.78 is 5.08. The Labute approximate surface area is 98.5 Å². The van der Waals surface area contributed by atoms with E-state index in [9.17, 15) is 9.59 Å². The average Bonchev–Trinajstić information content (AvgIpc) is 2.33. The van der Waals surface area contributed by atoms with Crippen LogP contribution in [0, 0.1) is 11.8 Å². The van der Waals surface area contributed by atoms with E-state index in [-0.39, 0.29) is 0 Å². The molecule has 1 aromatic carbocycles. The molecule has 0 fully saturated rings. The standard InChI is InChI=1S/C13H10O4/c1-17-12-6-4-10(3-2-8-14)9-11(12)5-7-13(15)16/h4-9H,1H3,(H,15,16)/b7-5+. The predicted octanol–water partition coefficient (Wildman–Crippen LogP) is 1.34. The molecule has 0 heterocycles. The van der Waals surface area contributed by atoms with E-state index in [4.69, 9.17) is 9.84 Å². The second-order valence-electron chi connectivity index (χ2n) is 3.02. The number of aliphatic carboxylic acids is 1. The van der Waals surface area contributed by atoms with Crippen molar-refractivity contribution in [3.05, 3.63) is 35.4 Å². The van der Waals surface area contributed by atoms with Crippen molar-refractivity contribution in [1.29, 1.82) is 0 Å². The molecule has 0 saturated heterocycles. The van der Waals surface area contributed by atoms with Gasteiger partial charge in [-0.25, -0.2) is 4.79 Å². The van der Waals surface area contributed by atoms with Gasteiger partial charge in [0, 0.05) is 17.2 Å². The van der Waals surface area contributed by atoms with E-state index in [1.807, 2.05) is 0 Å². The summed E-state index contributed by atoms with van der Waals surface area (Å²) in [6.45, 7) is 0. The fraction of sp³-hybridized carbons (Fsp3) is 0.0769. The predicted molar refractivity (Wildman–Crippen MR) is 62.6 cm³/mol. The number of rotatable bonds is 3. The molecule has 0 radical (unpaired) electrons. The van der Waals surface area contributed by atoms with Gasteiger partial charge in [-0.2, -0.15) is 0 Å². The van der Waals surface area contributed by atoms with Gasteiger partial charge in [0.1, 0.15) is 5.75 Å². The molecule has 0 bridgehead atoms. The Hall–Kier alpha value is -2.54. The van der Waals surface area contributed by atoms with Crippen LogP contribution in [0.4, 0.5) is 0 Å². The largest absolute Gasteiger partial charge is 0.496 e. The molecule has 1 rings (SSSR count). The second-order valence-corrected chi connectivity index (χ2v) is 3.02. The van der Waals surface area contributed by atoms with Gasteiger partial charge in [-0.05, 0) is 30.2 Å². The van der Waals surface area contributed by atoms with Gasteiger partial charge in [-0.15, -0.1) is 0 Å². The molecule has 0 spiro atoms. The summed E-state index contributed by atoms with van der Waals surface area (Å²) in [6, 6.07) is 5.00. The van der Waals surface area contributed by atoms with E-state index in [2.05, 4.69) is 11.8 Å². The van der Waals surface area contributed by atoms with Gasteiger partial charge in [-0.1, -0.05) is 5.92 Å². The average molecular weight is 230 g/mol. The molecule has 4 heteroatoms. The van der Waals surface area contributed by atoms with Crippen molar-refractivity contribution >= 4 is 18.3 Å². The van der Waals surface area contributed by atoms with E-state index in [0.29, 0.717) is 23.2 Å². The van der Waals surface area contributed by atoms with Crippen molar-refractivity contribution in [3.63, 3.8) is 0 Å². The summed E-state index contributed by atoms with van der Waals surface area (Å²) in [5, 5.41) is 8.55. The quantitative estimate of drug-likeness (QED) is 0.483. The van der Waals surface area contributed by atoms with Gasteiger partial charge in [0.15, 0.2) is 6.29 Å². The van der Waals surface area contributed by atoms with Crippen molar-refractivity contribution in [2.75, 3.05) is 7.11 Å². The number of hydrogen-bond donors (Lipinski definition) is 1. The Balaban J connectivity index is 3.14. The Kier molecular flexibility index (Phi) is 4.52. The molecule has 0 saturated carbocycles. The zero-order chi connectivity index (χ0) is 12.7. The molecule has 0 aromatic heterocycles. The minimum Gasteiger partial charge on any atom is -0.496 e. The number of hydrogen-bond acceptors (Lipinski definition) is 3. The van der Waals surface area contributed by atoms with Crippen LogP contribution >= 0.6 is 0 Å². The first kappa shape index (κ1) is 12.5. The fourth-order valence-electron chi connectivity index (χ4n) is 1.22. The molecule has 86 valence electrons. The molecular weight excluding hydrogens is 220 g/mol. The number of aldehydes is 1. The first-order valence-electron chi connectivity index (χ1n) is 4.71. The number of methoxy groups -OCH3 is 1. The number of carboxylic acids is 1. The zero-order valence-corrected chi connectivity index (χ0v) is 9.14. The molecule has 17 heavy (non-hydrogen) atoms. The topological polar surface area (TPSA) is 63.6 Å². The lowest BCUT2D eigenvalue weighted by molar-refractivity contribution is -0.131. The molecule has 0 unspecified atom stereocenters. The van der Waals surface area contributed by atoms with Crippen molar-refractivity contribution in [1.82, 2.24) is 0 Å². The fourth-order valence-corrected chi connectivity index (χ4v) is 1.22. The van der Waals surface area contributed by atoms with Crippen LogP contribution in [0.3, 0.4) is 0 Å². The Morgan fingerprint density at radius 3 is 2.82 bits per heavy atom.